The number of rotatable bonds is 4. The van der Waals surface area contributed by atoms with Crippen molar-refractivity contribution in [1.82, 2.24) is 10.3 Å². The third kappa shape index (κ3) is 3.68. The third-order valence-electron chi connectivity index (χ3n) is 3.64. The summed E-state index contributed by atoms with van der Waals surface area (Å²) < 4.78 is 0. The van der Waals surface area contributed by atoms with E-state index in [0.717, 1.165) is 25.0 Å². The summed E-state index contributed by atoms with van der Waals surface area (Å²) in [5.74, 6) is 0.788. The lowest BCUT2D eigenvalue weighted by atomic mass is 9.79. The Kier molecular flexibility index (Phi) is 4.19. The molecule has 2 unspecified atom stereocenters. The molecule has 18 heavy (non-hydrogen) atoms. The van der Waals surface area contributed by atoms with Crippen LogP contribution in [0.5, 0.6) is 5.75 Å². The Morgan fingerprint density at radius 1 is 1.50 bits per heavy atom. The molecule has 0 aliphatic heterocycles. The van der Waals surface area contributed by atoms with Gasteiger partial charge in [-0.2, -0.15) is 0 Å². The van der Waals surface area contributed by atoms with Gasteiger partial charge in [0, 0.05) is 13.1 Å². The van der Waals surface area contributed by atoms with Gasteiger partial charge >= 0.3 is 0 Å². The van der Waals surface area contributed by atoms with E-state index in [-0.39, 0.29) is 5.75 Å². The predicted molar refractivity (Wildman–Crippen MR) is 70.2 cm³/mol. The molecule has 1 aromatic heterocycles. The molecular formula is C14H22N2O2. The van der Waals surface area contributed by atoms with E-state index in [9.17, 15) is 5.11 Å². The average Bonchev–Trinajstić information content (AvgIpc) is 2.31. The summed E-state index contributed by atoms with van der Waals surface area (Å²) in [6, 6.07) is 3.41. The first kappa shape index (κ1) is 13.3. The highest BCUT2D eigenvalue weighted by atomic mass is 16.3. The van der Waals surface area contributed by atoms with Gasteiger partial charge < -0.3 is 15.5 Å². The summed E-state index contributed by atoms with van der Waals surface area (Å²) in [6.07, 6.45) is 5.53. The van der Waals surface area contributed by atoms with Crippen molar-refractivity contribution >= 4 is 0 Å². The monoisotopic (exact) mass is 250 g/mol. The van der Waals surface area contributed by atoms with E-state index in [1.165, 1.54) is 12.6 Å². The fraction of sp³-hybridized carbons (Fsp3) is 0.643. The van der Waals surface area contributed by atoms with Gasteiger partial charge in [0.05, 0.1) is 17.5 Å². The standard InChI is InChI=1S/C14H22N2O2/c1-11-3-2-6-14(18,7-11)10-15-8-12-4-5-13(17)9-16-12/h4-5,9,11,15,17-18H,2-3,6-8,10H2,1H3. The lowest BCUT2D eigenvalue weighted by Crippen LogP contribution is -2.43. The Labute approximate surface area is 108 Å². The molecule has 0 saturated heterocycles. The molecule has 2 atom stereocenters. The van der Waals surface area contributed by atoms with Crippen LogP contribution in [0.2, 0.25) is 0 Å². The molecule has 1 fully saturated rings. The zero-order valence-corrected chi connectivity index (χ0v) is 10.9. The SMILES string of the molecule is CC1CCCC(O)(CNCc2ccc(O)cn2)C1. The van der Waals surface area contributed by atoms with E-state index < -0.39 is 5.60 Å². The second kappa shape index (κ2) is 5.67. The predicted octanol–water partition coefficient (Wildman–Crippen LogP) is 1.82. The maximum absolute atomic E-state index is 10.4. The van der Waals surface area contributed by atoms with Gasteiger partial charge in [-0.05, 0) is 30.9 Å². The molecule has 100 valence electrons. The zero-order chi connectivity index (χ0) is 13.0. The van der Waals surface area contributed by atoms with Crippen LogP contribution in [0.1, 0.15) is 38.3 Å². The van der Waals surface area contributed by atoms with Crippen LogP contribution in [0.3, 0.4) is 0 Å². The van der Waals surface area contributed by atoms with Crippen molar-refractivity contribution in [2.75, 3.05) is 6.54 Å². The minimum atomic E-state index is -0.561. The van der Waals surface area contributed by atoms with Crippen molar-refractivity contribution in [2.24, 2.45) is 5.92 Å². The summed E-state index contributed by atoms with van der Waals surface area (Å²) in [7, 11) is 0. The summed E-state index contributed by atoms with van der Waals surface area (Å²) in [5, 5.41) is 22.8. The lowest BCUT2D eigenvalue weighted by molar-refractivity contribution is -0.0119. The molecule has 1 saturated carbocycles. The van der Waals surface area contributed by atoms with Gasteiger partial charge in [-0.3, -0.25) is 4.98 Å². The smallest absolute Gasteiger partial charge is 0.133 e. The maximum Gasteiger partial charge on any atom is 0.133 e. The molecule has 0 spiro atoms. The van der Waals surface area contributed by atoms with Crippen LogP contribution < -0.4 is 5.32 Å². The van der Waals surface area contributed by atoms with Gasteiger partial charge in [-0.1, -0.05) is 19.8 Å². The van der Waals surface area contributed by atoms with Crippen LogP contribution in [0.15, 0.2) is 18.3 Å². The highest BCUT2D eigenvalue weighted by molar-refractivity contribution is 5.17. The summed E-state index contributed by atoms with van der Waals surface area (Å²) in [4.78, 5) is 4.10. The van der Waals surface area contributed by atoms with Crippen molar-refractivity contribution in [2.45, 2.75) is 44.8 Å². The molecule has 1 heterocycles. The fourth-order valence-corrected chi connectivity index (χ4v) is 2.74. The first-order chi connectivity index (χ1) is 8.57. The lowest BCUT2D eigenvalue weighted by Gasteiger charge is -2.35. The molecule has 1 aliphatic carbocycles. The van der Waals surface area contributed by atoms with Crippen LogP contribution in [0, 0.1) is 5.92 Å². The molecular weight excluding hydrogens is 228 g/mol. The second-order valence-electron chi connectivity index (χ2n) is 5.54. The molecule has 4 nitrogen and oxygen atoms in total. The zero-order valence-electron chi connectivity index (χ0n) is 10.9. The topological polar surface area (TPSA) is 65.4 Å². The Morgan fingerprint density at radius 2 is 2.33 bits per heavy atom. The number of aromatic nitrogens is 1. The van der Waals surface area contributed by atoms with Gasteiger partial charge in [-0.25, -0.2) is 0 Å². The largest absolute Gasteiger partial charge is 0.506 e. The molecule has 0 bridgehead atoms. The normalized spacial score (nSPS) is 28.2. The van der Waals surface area contributed by atoms with E-state index in [2.05, 4.69) is 17.2 Å². The Hall–Kier alpha value is -1.13. The summed E-state index contributed by atoms with van der Waals surface area (Å²) in [6.45, 7) is 3.43. The Balaban J connectivity index is 1.79. The van der Waals surface area contributed by atoms with E-state index in [1.54, 1.807) is 12.1 Å². The molecule has 0 aromatic carbocycles. The molecule has 1 aromatic rings. The second-order valence-corrected chi connectivity index (χ2v) is 5.54. The first-order valence-electron chi connectivity index (χ1n) is 6.64. The number of pyridine rings is 1. The van der Waals surface area contributed by atoms with E-state index in [4.69, 9.17) is 5.11 Å². The third-order valence-corrected chi connectivity index (χ3v) is 3.64. The Bertz CT molecular complexity index is 380. The number of hydrogen-bond acceptors (Lipinski definition) is 4. The van der Waals surface area contributed by atoms with Gasteiger partial charge in [0.25, 0.3) is 0 Å². The highest BCUT2D eigenvalue weighted by Gasteiger charge is 2.31. The van der Waals surface area contributed by atoms with Gasteiger partial charge in [0.15, 0.2) is 0 Å². The van der Waals surface area contributed by atoms with Crippen LogP contribution in [-0.2, 0) is 6.54 Å². The summed E-state index contributed by atoms with van der Waals surface area (Å²) >= 11 is 0. The van der Waals surface area contributed by atoms with Gasteiger partial charge in [0.1, 0.15) is 5.75 Å². The highest BCUT2D eigenvalue weighted by Crippen LogP contribution is 2.31. The average molecular weight is 250 g/mol. The van der Waals surface area contributed by atoms with Crippen LogP contribution >= 0.6 is 0 Å². The van der Waals surface area contributed by atoms with Crippen LogP contribution in [0.25, 0.3) is 0 Å². The molecule has 1 aliphatic rings. The van der Waals surface area contributed by atoms with Crippen molar-refractivity contribution < 1.29 is 10.2 Å². The Morgan fingerprint density at radius 3 is 3.00 bits per heavy atom. The first-order valence-corrected chi connectivity index (χ1v) is 6.64. The van der Waals surface area contributed by atoms with Gasteiger partial charge in [0.2, 0.25) is 0 Å². The maximum atomic E-state index is 10.4. The van der Waals surface area contributed by atoms with Crippen molar-refractivity contribution in [3.8, 4) is 5.75 Å². The molecule has 0 radical (unpaired) electrons. The molecule has 2 rings (SSSR count). The van der Waals surface area contributed by atoms with Crippen LogP contribution in [0.4, 0.5) is 0 Å². The van der Waals surface area contributed by atoms with Crippen LogP contribution in [-0.4, -0.2) is 27.3 Å². The van der Waals surface area contributed by atoms with Gasteiger partial charge in [-0.15, -0.1) is 0 Å². The van der Waals surface area contributed by atoms with Crippen molar-refractivity contribution in [1.29, 1.82) is 0 Å². The van der Waals surface area contributed by atoms with Crippen molar-refractivity contribution in [3.05, 3.63) is 24.0 Å². The van der Waals surface area contributed by atoms with E-state index >= 15 is 0 Å². The van der Waals surface area contributed by atoms with E-state index in [0.29, 0.717) is 19.0 Å². The fourth-order valence-electron chi connectivity index (χ4n) is 2.74. The molecule has 3 N–H and O–H groups in total. The molecule has 4 heteroatoms. The minimum Gasteiger partial charge on any atom is -0.506 e. The number of nitrogens with one attached hydrogen (secondary N) is 1. The number of nitrogens with zero attached hydrogens (tertiary/aromatic N) is 1. The number of aromatic hydroxyl groups is 1. The van der Waals surface area contributed by atoms with Crippen molar-refractivity contribution in [3.63, 3.8) is 0 Å². The minimum absolute atomic E-state index is 0.179. The number of hydrogen-bond donors (Lipinski definition) is 3. The quantitative estimate of drug-likeness (QED) is 0.762. The number of aliphatic hydroxyl groups is 1. The molecule has 0 amide bonds. The van der Waals surface area contributed by atoms with E-state index in [1.807, 2.05) is 0 Å². The summed E-state index contributed by atoms with van der Waals surface area (Å²) in [5.41, 5.74) is 0.314.